The third-order valence-electron chi connectivity index (χ3n) is 3.95. The summed E-state index contributed by atoms with van der Waals surface area (Å²) in [6.07, 6.45) is -0.424. The molecule has 0 spiro atoms. The van der Waals surface area contributed by atoms with Crippen molar-refractivity contribution in [2.24, 2.45) is 0 Å². The van der Waals surface area contributed by atoms with Crippen LogP contribution in [0.3, 0.4) is 0 Å². The normalized spacial score (nSPS) is 10.6. The molecule has 8 heteroatoms. The Morgan fingerprint density at radius 3 is 1.89 bits per heavy atom. The number of hydrogen-bond acceptors (Lipinski definition) is 5. The van der Waals surface area contributed by atoms with Crippen molar-refractivity contribution >= 4 is 11.9 Å². The Balaban J connectivity index is 2.06. The first-order valence-electron chi connectivity index (χ1n) is 8.08. The molecule has 0 bridgehead atoms. The van der Waals surface area contributed by atoms with E-state index in [1.807, 2.05) is 12.1 Å². The smallest absolute Gasteiger partial charge is 0.307 e. The van der Waals surface area contributed by atoms with Gasteiger partial charge in [0.1, 0.15) is 17.1 Å². The average Bonchev–Trinajstić information content (AvgIpc) is 3.10. The predicted molar refractivity (Wildman–Crippen MR) is 96.5 cm³/mol. The molecule has 1 heterocycles. The molecular formula is C19H17N3O5. The molecule has 0 radical (unpaired) electrons. The van der Waals surface area contributed by atoms with E-state index < -0.39 is 11.9 Å². The van der Waals surface area contributed by atoms with Crippen LogP contribution in [0.1, 0.15) is 11.1 Å². The zero-order chi connectivity index (χ0) is 19.4. The van der Waals surface area contributed by atoms with Crippen LogP contribution in [0.4, 0.5) is 0 Å². The summed E-state index contributed by atoms with van der Waals surface area (Å²) >= 11 is 0. The summed E-state index contributed by atoms with van der Waals surface area (Å²) in [4.78, 5) is 22.2. The molecule has 0 aliphatic rings. The van der Waals surface area contributed by atoms with Gasteiger partial charge < -0.3 is 14.9 Å². The second kappa shape index (κ2) is 7.69. The van der Waals surface area contributed by atoms with Crippen LogP contribution >= 0.6 is 0 Å². The molecule has 3 N–H and O–H groups in total. The number of H-pyrrole nitrogens is 1. The van der Waals surface area contributed by atoms with Crippen LogP contribution in [0.25, 0.3) is 22.5 Å². The zero-order valence-corrected chi connectivity index (χ0v) is 14.5. The Hall–Kier alpha value is -3.68. The number of ether oxygens (including phenoxy) is 1. The lowest BCUT2D eigenvalue weighted by atomic mass is 9.97. The van der Waals surface area contributed by atoms with Crippen molar-refractivity contribution in [3.8, 4) is 28.3 Å². The molecule has 2 aromatic carbocycles. The summed E-state index contributed by atoms with van der Waals surface area (Å²) in [5.74, 6) is -1.29. The van der Waals surface area contributed by atoms with Crippen molar-refractivity contribution in [3.63, 3.8) is 0 Å². The molecule has 0 fully saturated rings. The van der Waals surface area contributed by atoms with Crippen LogP contribution < -0.4 is 4.74 Å². The van der Waals surface area contributed by atoms with Crippen molar-refractivity contribution in [1.29, 1.82) is 0 Å². The highest BCUT2D eigenvalue weighted by atomic mass is 16.5. The molecule has 0 saturated carbocycles. The molecule has 0 atom stereocenters. The number of carbonyl (C=O) groups is 2. The molecule has 3 rings (SSSR count). The Morgan fingerprint density at radius 1 is 0.889 bits per heavy atom. The van der Waals surface area contributed by atoms with Crippen LogP contribution in [0.5, 0.6) is 5.75 Å². The molecule has 27 heavy (non-hydrogen) atoms. The number of methoxy groups -OCH3 is 1. The Morgan fingerprint density at radius 2 is 1.41 bits per heavy atom. The highest BCUT2D eigenvalue weighted by Crippen LogP contribution is 2.31. The van der Waals surface area contributed by atoms with Crippen molar-refractivity contribution in [3.05, 3.63) is 53.6 Å². The van der Waals surface area contributed by atoms with Gasteiger partial charge in [-0.15, -0.1) is 0 Å². The minimum atomic E-state index is -0.996. The number of benzene rings is 2. The lowest BCUT2D eigenvalue weighted by Gasteiger charge is -2.08. The number of carboxylic acids is 2. The fourth-order valence-electron chi connectivity index (χ4n) is 2.84. The highest BCUT2D eigenvalue weighted by Gasteiger charge is 2.16. The Labute approximate surface area is 154 Å². The lowest BCUT2D eigenvalue weighted by molar-refractivity contribution is -0.137. The standard InChI is InChI=1S/C19H17N3O5/c1-27-15-4-2-13(3-5-15)18-19(21-22-20-18)14-7-11(9-16(23)24)6-12(8-14)10-17(25)26/h2-8H,9-10H2,1H3,(H,23,24)(H,25,26)(H,20,21,22). The van der Waals surface area contributed by atoms with E-state index in [9.17, 15) is 9.59 Å². The molecule has 0 aliphatic carbocycles. The number of nitrogens with one attached hydrogen (secondary N) is 1. The van der Waals surface area contributed by atoms with Crippen LogP contribution in [-0.4, -0.2) is 44.7 Å². The minimum absolute atomic E-state index is 0.212. The minimum Gasteiger partial charge on any atom is -0.497 e. The van der Waals surface area contributed by atoms with E-state index >= 15 is 0 Å². The van der Waals surface area contributed by atoms with Crippen LogP contribution in [0.2, 0.25) is 0 Å². The summed E-state index contributed by atoms with van der Waals surface area (Å²) in [7, 11) is 1.58. The van der Waals surface area contributed by atoms with Crippen molar-refractivity contribution in [1.82, 2.24) is 15.4 Å². The number of hydrogen-bond donors (Lipinski definition) is 3. The quantitative estimate of drug-likeness (QED) is 0.585. The molecule has 3 aromatic rings. The summed E-state index contributed by atoms with van der Waals surface area (Å²) in [6.45, 7) is 0. The zero-order valence-electron chi connectivity index (χ0n) is 14.5. The first-order valence-corrected chi connectivity index (χ1v) is 8.08. The van der Waals surface area contributed by atoms with Crippen LogP contribution in [-0.2, 0) is 22.4 Å². The fraction of sp³-hybridized carbons (Fsp3) is 0.158. The Bertz CT molecular complexity index is 945. The third kappa shape index (κ3) is 4.30. The molecule has 8 nitrogen and oxygen atoms in total. The summed E-state index contributed by atoms with van der Waals surface area (Å²) in [5.41, 5.74) is 3.48. The van der Waals surface area contributed by atoms with Crippen LogP contribution in [0, 0.1) is 0 Å². The van der Waals surface area contributed by atoms with Crippen LogP contribution in [0.15, 0.2) is 42.5 Å². The summed E-state index contributed by atoms with van der Waals surface area (Å²) in [5, 5.41) is 29.1. The number of aliphatic carboxylic acids is 2. The van der Waals surface area contributed by atoms with E-state index in [-0.39, 0.29) is 12.8 Å². The van der Waals surface area contributed by atoms with Gasteiger partial charge in [-0.25, -0.2) is 0 Å². The van der Waals surface area contributed by atoms with Gasteiger partial charge in [0, 0.05) is 11.1 Å². The maximum absolute atomic E-state index is 11.1. The van der Waals surface area contributed by atoms with E-state index in [0.717, 1.165) is 5.56 Å². The number of carboxylic acid groups (broad SMARTS) is 2. The maximum Gasteiger partial charge on any atom is 0.307 e. The first-order chi connectivity index (χ1) is 13.0. The fourth-order valence-corrected chi connectivity index (χ4v) is 2.84. The Kier molecular flexibility index (Phi) is 5.16. The number of aromatic nitrogens is 3. The van der Waals surface area contributed by atoms with Gasteiger partial charge in [-0.05, 0) is 47.5 Å². The largest absolute Gasteiger partial charge is 0.497 e. The SMILES string of the molecule is COc1ccc(-c2n[nH]nc2-c2cc(CC(=O)O)cc(CC(=O)O)c2)cc1. The van der Waals surface area contributed by atoms with Crippen molar-refractivity contribution < 1.29 is 24.5 Å². The molecule has 1 aromatic heterocycles. The predicted octanol–water partition coefficient (Wildman–Crippen LogP) is 2.40. The average molecular weight is 367 g/mol. The third-order valence-corrected chi connectivity index (χ3v) is 3.95. The molecular weight excluding hydrogens is 350 g/mol. The van der Waals surface area contributed by atoms with Gasteiger partial charge in [0.25, 0.3) is 0 Å². The lowest BCUT2D eigenvalue weighted by Crippen LogP contribution is -2.04. The van der Waals surface area contributed by atoms with Gasteiger partial charge in [-0.2, -0.15) is 15.4 Å². The first kappa shape index (κ1) is 18.1. The molecule has 0 unspecified atom stereocenters. The highest BCUT2D eigenvalue weighted by molar-refractivity contribution is 5.80. The topological polar surface area (TPSA) is 125 Å². The van der Waals surface area contributed by atoms with Gasteiger partial charge in [0.2, 0.25) is 0 Å². The monoisotopic (exact) mass is 367 g/mol. The second-order valence-electron chi connectivity index (χ2n) is 5.93. The van der Waals surface area contributed by atoms with Crippen molar-refractivity contribution in [2.75, 3.05) is 7.11 Å². The molecule has 0 saturated heterocycles. The summed E-state index contributed by atoms with van der Waals surface area (Å²) < 4.78 is 5.15. The number of aromatic amines is 1. The molecule has 0 aliphatic heterocycles. The van der Waals surface area contributed by atoms with E-state index in [0.29, 0.717) is 33.8 Å². The van der Waals surface area contributed by atoms with E-state index in [2.05, 4.69) is 15.4 Å². The van der Waals surface area contributed by atoms with E-state index in [4.69, 9.17) is 14.9 Å². The van der Waals surface area contributed by atoms with Gasteiger partial charge in [0.05, 0.1) is 20.0 Å². The van der Waals surface area contributed by atoms with Gasteiger partial charge in [-0.1, -0.05) is 6.07 Å². The maximum atomic E-state index is 11.1. The summed E-state index contributed by atoms with van der Waals surface area (Å²) in [6, 6.07) is 12.2. The van der Waals surface area contributed by atoms with E-state index in [1.54, 1.807) is 37.4 Å². The van der Waals surface area contributed by atoms with Gasteiger partial charge in [-0.3, -0.25) is 9.59 Å². The van der Waals surface area contributed by atoms with E-state index in [1.165, 1.54) is 0 Å². The number of nitrogens with zero attached hydrogens (tertiary/aromatic N) is 2. The number of rotatable bonds is 7. The van der Waals surface area contributed by atoms with Gasteiger partial charge in [0.15, 0.2) is 0 Å². The van der Waals surface area contributed by atoms with Gasteiger partial charge >= 0.3 is 11.9 Å². The molecule has 138 valence electrons. The van der Waals surface area contributed by atoms with Crippen molar-refractivity contribution in [2.45, 2.75) is 12.8 Å². The second-order valence-corrected chi connectivity index (χ2v) is 5.93. The molecule has 0 amide bonds.